The van der Waals surface area contributed by atoms with Crippen LogP contribution in [0.5, 0.6) is 0 Å². The van der Waals surface area contributed by atoms with E-state index in [1.807, 2.05) is 11.7 Å². The van der Waals surface area contributed by atoms with Crippen molar-refractivity contribution >= 4 is 8.19 Å². The molecule has 56 valence electrons. The fraction of sp³-hybridized carbons (Fsp3) is 0.714. The summed E-state index contributed by atoms with van der Waals surface area (Å²) in [6.07, 6.45) is 0. The van der Waals surface area contributed by atoms with Crippen molar-refractivity contribution in [3.05, 3.63) is 11.4 Å². The lowest BCUT2D eigenvalue weighted by molar-refractivity contribution is 0.562. The average Bonchev–Trinajstić information content (AvgIpc) is 2.11. The van der Waals surface area contributed by atoms with Crippen LogP contribution in [0.2, 0.25) is 0 Å². The van der Waals surface area contributed by atoms with Crippen molar-refractivity contribution in [2.45, 2.75) is 26.2 Å². The Balaban J connectivity index is 2.96. The highest BCUT2D eigenvalue weighted by atomic mass is 31.0. The van der Waals surface area contributed by atoms with Gasteiger partial charge in [0.1, 0.15) is 0 Å². The predicted molar refractivity (Wildman–Crippen MR) is 44.4 cm³/mol. The van der Waals surface area contributed by atoms with E-state index in [-0.39, 0.29) is 5.41 Å². The van der Waals surface area contributed by atoms with Crippen LogP contribution in [0, 0.1) is 0 Å². The normalized spacial score (nSPS) is 12.8. The highest BCUT2D eigenvalue weighted by Crippen LogP contribution is 2.26. The lowest BCUT2D eigenvalue weighted by Gasteiger charge is -2.13. The lowest BCUT2D eigenvalue weighted by atomic mass is 9.98. The van der Waals surface area contributed by atoms with Gasteiger partial charge in [-0.15, -0.1) is 0 Å². The molecule has 2 nitrogen and oxygen atoms in total. The number of hydrogen-bond donors (Lipinski definition) is 0. The molecule has 0 N–H and O–H groups in total. The highest BCUT2D eigenvalue weighted by molar-refractivity contribution is 7.29. The second-order valence-electron chi connectivity index (χ2n) is 3.49. The first-order valence-electron chi connectivity index (χ1n) is 3.36. The van der Waals surface area contributed by atoms with Crippen molar-refractivity contribution in [2.24, 2.45) is 7.05 Å². The summed E-state index contributed by atoms with van der Waals surface area (Å²) in [4.78, 5) is 0. The van der Waals surface area contributed by atoms with Gasteiger partial charge in [0.15, 0.2) is 0 Å². The van der Waals surface area contributed by atoms with E-state index in [9.17, 15) is 0 Å². The average molecular weight is 156 g/mol. The van der Waals surface area contributed by atoms with Gasteiger partial charge < -0.3 is 0 Å². The van der Waals surface area contributed by atoms with Crippen LogP contribution in [-0.4, -0.2) is 9.78 Å². The third-order valence-electron chi connectivity index (χ3n) is 1.27. The Morgan fingerprint density at radius 2 is 2.10 bits per heavy atom. The maximum Gasteiger partial charge on any atom is 0.0944 e. The molecular weight excluding hydrogens is 143 g/mol. The maximum absolute atomic E-state index is 4.34. The monoisotopic (exact) mass is 156 g/mol. The topological polar surface area (TPSA) is 17.8 Å². The summed E-state index contributed by atoms with van der Waals surface area (Å²) in [6.45, 7) is 6.56. The minimum Gasteiger partial charge on any atom is -0.271 e. The molecule has 0 aliphatic carbocycles. The van der Waals surface area contributed by atoms with Crippen LogP contribution >= 0.6 is 8.19 Å². The highest BCUT2D eigenvalue weighted by Gasteiger charge is 2.16. The summed E-state index contributed by atoms with van der Waals surface area (Å²) in [5, 5.41) is 4.34. The quantitative estimate of drug-likeness (QED) is 0.563. The van der Waals surface area contributed by atoms with Crippen LogP contribution < -0.4 is 0 Å². The Kier molecular flexibility index (Phi) is 1.82. The van der Waals surface area contributed by atoms with Crippen LogP contribution in [0.25, 0.3) is 0 Å². The molecular formula is C7H13N2P. The van der Waals surface area contributed by atoms with Crippen LogP contribution in [0.15, 0.2) is 5.93 Å². The van der Waals surface area contributed by atoms with Gasteiger partial charge in [-0.2, -0.15) is 5.10 Å². The molecule has 0 spiro atoms. The third-order valence-corrected chi connectivity index (χ3v) is 2.72. The second kappa shape index (κ2) is 2.35. The molecule has 0 amide bonds. The van der Waals surface area contributed by atoms with Crippen molar-refractivity contribution in [3.8, 4) is 0 Å². The molecule has 0 unspecified atom stereocenters. The van der Waals surface area contributed by atoms with E-state index in [1.165, 1.54) is 13.6 Å². The Bertz CT molecular complexity index is 222. The molecule has 1 rings (SSSR count). The van der Waals surface area contributed by atoms with Gasteiger partial charge in [-0.1, -0.05) is 20.8 Å². The fourth-order valence-electron chi connectivity index (χ4n) is 0.683. The SMILES string of the molecule is Cn1cpc(C(C)(C)C)n1. The van der Waals surface area contributed by atoms with Crippen molar-refractivity contribution in [1.29, 1.82) is 0 Å². The molecule has 0 saturated heterocycles. The van der Waals surface area contributed by atoms with Crippen molar-refractivity contribution < 1.29 is 0 Å². The smallest absolute Gasteiger partial charge is 0.0944 e. The zero-order valence-corrected chi connectivity index (χ0v) is 7.81. The van der Waals surface area contributed by atoms with E-state index in [2.05, 4.69) is 31.8 Å². The molecule has 1 aromatic heterocycles. The van der Waals surface area contributed by atoms with Crippen molar-refractivity contribution in [3.63, 3.8) is 0 Å². The molecule has 3 heteroatoms. The van der Waals surface area contributed by atoms with Crippen LogP contribution in [0.1, 0.15) is 26.2 Å². The summed E-state index contributed by atoms with van der Waals surface area (Å²) < 4.78 is 1.88. The van der Waals surface area contributed by atoms with E-state index < -0.39 is 0 Å². The second-order valence-corrected chi connectivity index (χ2v) is 4.40. The van der Waals surface area contributed by atoms with Gasteiger partial charge in [0.05, 0.1) is 11.4 Å². The Hall–Kier alpha value is -0.360. The molecule has 0 saturated carbocycles. The largest absolute Gasteiger partial charge is 0.271 e. The van der Waals surface area contributed by atoms with Crippen LogP contribution in [0.4, 0.5) is 0 Å². The van der Waals surface area contributed by atoms with Gasteiger partial charge in [-0.25, -0.2) is 0 Å². The Labute approximate surface area is 63.4 Å². The molecule has 0 aliphatic rings. The lowest BCUT2D eigenvalue weighted by Crippen LogP contribution is -2.11. The molecule has 1 aromatic rings. The molecule has 0 aromatic carbocycles. The van der Waals surface area contributed by atoms with Crippen molar-refractivity contribution in [2.75, 3.05) is 0 Å². The zero-order valence-electron chi connectivity index (χ0n) is 6.92. The zero-order chi connectivity index (χ0) is 7.78. The molecule has 1 heterocycles. The fourth-order valence-corrected chi connectivity index (χ4v) is 1.59. The van der Waals surface area contributed by atoms with Crippen LogP contribution in [0.3, 0.4) is 0 Å². The van der Waals surface area contributed by atoms with E-state index in [1.54, 1.807) is 0 Å². The summed E-state index contributed by atoms with van der Waals surface area (Å²) >= 11 is 0. The number of aromatic nitrogens is 2. The van der Waals surface area contributed by atoms with E-state index in [0.717, 1.165) is 0 Å². The standard InChI is InChI=1S/C7H13N2P/c1-7(2,3)6-8-9(4)5-10-6/h5H,1-4H3. The minimum absolute atomic E-state index is 0.225. The molecule has 0 aliphatic heterocycles. The molecule has 0 atom stereocenters. The summed E-state index contributed by atoms with van der Waals surface area (Å²) in [6, 6.07) is 0. The summed E-state index contributed by atoms with van der Waals surface area (Å²) in [5.74, 6) is 2.07. The first kappa shape index (κ1) is 7.74. The number of aryl methyl sites for hydroxylation is 1. The number of hydrogen-bond acceptors (Lipinski definition) is 1. The van der Waals surface area contributed by atoms with Gasteiger partial charge in [-0.3, -0.25) is 4.68 Å². The van der Waals surface area contributed by atoms with Gasteiger partial charge >= 0.3 is 0 Å². The number of rotatable bonds is 0. The minimum atomic E-state index is 0.225. The summed E-state index contributed by atoms with van der Waals surface area (Å²) in [7, 11) is 3.21. The van der Waals surface area contributed by atoms with Gasteiger partial charge in [0.2, 0.25) is 0 Å². The first-order chi connectivity index (χ1) is 4.50. The van der Waals surface area contributed by atoms with E-state index in [4.69, 9.17) is 0 Å². The molecule has 0 fully saturated rings. The Morgan fingerprint density at radius 1 is 1.50 bits per heavy atom. The molecule has 0 radical (unpaired) electrons. The van der Waals surface area contributed by atoms with Gasteiger partial charge in [-0.05, 0) is 8.19 Å². The Morgan fingerprint density at radius 3 is 2.30 bits per heavy atom. The van der Waals surface area contributed by atoms with Gasteiger partial charge in [0.25, 0.3) is 0 Å². The number of nitrogens with zero attached hydrogens (tertiary/aromatic N) is 2. The summed E-state index contributed by atoms with van der Waals surface area (Å²) in [5.41, 5.74) is 1.47. The maximum atomic E-state index is 4.34. The molecule has 0 bridgehead atoms. The van der Waals surface area contributed by atoms with Gasteiger partial charge in [0, 0.05) is 12.5 Å². The molecule has 10 heavy (non-hydrogen) atoms. The third kappa shape index (κ3) is 1.57. The predicted octanol–water partition coefficient (Wildman–Crippen LogP) is 2.30. The van der Waals surface area contributed by atoms with Crippen molar-refractivity contribution in [1.82, 2.24) is 9.78 Å². The van der Waals surface area contributed by atoms with E-state index >= 15 is 0 Å². The first-order valence-corrected chi connectivity index (χ1v) is 4.32. The van der Waals surface area contributed by atoms with E-state index in [0.29, 0.717) is 0 Å². The van der Waals surface area contributed by atoms with Crippen LogP contribution in [-0.2, 0) is 12.5 Å².